The molecule has 0 aromatic heterocycles. The fraction of sp³-hybridized carbons (Fsp3) is 0.529. The van der Waals surface area contributed by atoms with Gasteiger partial charge in [-0.1, -0.05) is 20.8 Å². The minimum atomic E-state index is -3.58. The summed E-state index contributed by atoms with van der Waals surface area (Å²) in [6.45, 7) is 6.72. The van der Waals surface area contributed by atoms with Gasteiger partial charge in [0.1, 0.15) is 0 Å². The monoisotopic (exact) mass is 352 g/mol. The van der Waals surface area contributed by atoms with Crippen LogP contribution in [0.25, 0.3) is 0 Å². The van der Waals surface area contributed by atoms with E-state index in [0.29, 0.717) is 12.2 Å². The average Bonchev–Trinajstić information content (AvgIpc) is 2.82. The highest BCUT2D eigenvalue weighted by atomic mass is 32.2. The number of sulfonamides is 1. The Bertz CT molecular complexity index is 702. The lowest BCUT2D eigenvalue weighted by Crippen LogP contribution is -2.29. The van der Waals surface area contributed by atoms with E-state index in [1.54, 1.807) is 0 Å². The predicted molar refractivity (Wildman–Crippen MR) is 92.0 cm³/mol. The number of hydrogen-bond acceptors (Lipinski definition) is 4. The quantitative estimate of drug-likeness (QED) is 0.629. The highest BCUT2D eigenvalue weighted by Crippen LogP contribution is 2.24. The molecule has 0 radical (unpaired) electrons. The van der Waals surface area contributed by atoms with Gasteiger partial charge < -0.3 is 0 Å². The zero-order valence-electron chi connectivity index (χ0n) is 14.3. The number of nitrogens with zero attached hydrogens (tertiary/aromatic N) is 1. The summed E-state index contributed by atoms with van der Waals surface area (Å²) >= 11 is 0. The molecule has 0 spiro atoms. The molecule has 0 unspecified atom stereocenters. The fourth-order valence-corrected chi connectivity index (χ4v) is 3.62. The van der Waals surface area contributed by atoms with Gasteiger partial charge in [-0.15, -0.1) is 0 Å². The van der Waals surface area contributed by atoms with E-state index in [1.165, 1.54) is 24.3 Å². The van der Waals surface area contributed by atoms with Gasteiger partial charge in [0, 0.05) is 19.4 Å². The molecule has 0 bridgehead atoms. The third-order valence-corrected chi connectivity index (χ3v) is 5.33. The van der Waals surface area contributed by atoms with Gasteiger partial charge in [-0.05, 0) is 42.5 Å². The van der Waals surface area contributed by atoms with Gasteiger partial charge in [0.05, 0.1) is 10.6 Å². The van der Waals surface area contributed by atoms with Crippen LogP contribution in [0.3, 0.4) is 0 Å². The molecule has 1 aromatic carbocycles. The maximum Gasteiger partial charge on any atom is 0.240 e. The maximum atomic E-state index is 12.3. The first-order valence-electron chi connectivity index (χ1n) is 8.06. The summed E-state index contributed by atoms with van der Waals surface area (Å²) in [6, 6.07) is 5.82. The highest BCUT2D eigenvalue weighted by molar-refractivity contribution is 7.89. The number of amides is 2. The molecule has 6 nitrogen and oxygen atoms in total. The molecule has 1 aromatic rings. The number of carbonyl (C=O) groups excluding carboxylic acids is 2. The predicted octanol–water partition coefficient (Wildman–Crippen LogP) is 2.44. The van der Waals surface area contributed by atoms with Gasteiger partial charge in [-0.3, -0.25) is 14.5 Å². The summed E-state index contributed by atoms with van der Waals surface area (Å²) in [6.07, 6.45) is 2.09. The van der Waals surface area contributed by atoms with E-state index in [-0.39, 0.29) is 35.0 Å². The molecule has 2 rings (SSSR count). The number of imide groups is 1. The van der Waals surface area contributed by atoms with Gasteiger partial charge in [0.15, 0.2) is 0 Å². The molecule has 1 N–H and O–H groups in total. The molecule has 0 aliphatic carbocycles. The summed E-state index contributed by atoms with van der Waals surface area (Å²) < 4.78 is 27.1. The van der Waals surface area contributed by atoms with E-state index in [4.69, 9.17) is 0 Å². The van der Waals surface area contributed by atoms with Gasteiger partial charge in [-0.2, -0.15) is 0 Å². The molecule has 1 fully saturated rings. The number of hydrogen-bond donors (Lipinski definition) is 1. The largest absolute Gasteiger partial charge is 0.274 e. The third-order valence-electron chi connectivity index (χ3n) is 3.85. The van der Waals surface area contributed by atoms with Gasteiger partial charge in [0.2, 0.25) is 21.8 Å². The van der Waals surface area contributed by atoms with Crippen LogP contribution in [0.4, 0.5) is 5.69 Å². The molecule has 24 heavy (non-hydrogen) atoms. The van der Waals surface area contributed by atoms with Crippen LogP contribution in [0.15, 0.2) is 29.2 Å². The van der Waals surface area contributed by atoms with Crippen molar-refractivity contribution in [1.82, 2.24) is 4.72 Å². The smallest absolute Gasteiger partial charge is 0.240 e. The number of anilines is 1. The van der Waals surface area contributed by atoms with Crippen LogP contribution in [-0.2, 0) is 19.6 Å². The summed E-state index contributed by atoms with van der Waals surface area (Å²) in [5.74, 6) is -0.508. The summed E-state index contributed by atoms with van der Waals surface area (Å²) in [5.41, 5.74) is 0.580. The van der Waals surface area contributed by atoms with E-state index < -0.39 is 10.0 Å². The topological polar surface area (TPSA) is 83.6 Å². The van der Waals surface area contributed by atoms with Crippen LogP contribution in [0, 0.1) is 5.41 Å². The van der Waals surface area contributed by atoms with Crippen LogP contribution >= 0.6 is 0 Å². The molecular formula is C17H24N2O4S. The van der Waals surface area contributed by atoms with Crippen LogP contribution in [0.5, 0.6) is 0 Å². The second-order valence-corrected chi connectivity index (χ2v) is 8.95. The normalized spacial score (nSPS) is 16.0. The lowest BCUT2D eigenvalue weighted by molar-refractivity contribution is -0.121. The average molecular weight is 352 g/mol. The van der Waals surface area contributed by atoms with E-state index in [1.807, 2.05) is 0 Å². The van der Waals surface area contributed by atoms with E-state index in [2.05, 4.69) is 25.5 Å². The Kier molecular flexibility index (Phi) is 5.45. The van der Waals surface area contributed by atoms with E-state index >= 15 is 0 Å². The number of carbonyl (C=O) groups is 2. The lowest BCUT2D eigenvalue weighted by atomic mass is 9.91. The first kappa shape index (κ1) is 18.6. The number of rotatable bonds is 6. The molecule has 2 amide bonds. The molecule has 1 saturated heterocycles. The number of nitrogens with one attached hydrogen (secondary N) is 1. The minimum Gasteiger partial charge on any atom is -0.274 e. The third kappa shape index (κ3) is 4.64. The molecule has 0 saturated carbocycles. The lowest BCUT2D eigenvalue weighted by Gasteiger charge is -2.18. The van der Waals surface area contributed by atoms with E-state index in [9.17, 15) is 18.0 Å². The Morgan fingerprint density at radius 2 is 1.58 bits per heavy atom. The second-order valence-electron chi connectivity index (χ2n) is 7.18. The molecule has 0 atom stereocenters. The summed E-state index contributed by atoms with van der Waals surface area (Å²) in [5, 5.41) is 0. The first-order valence-corrected chi connectivity index (χ1v) is 9.54. The van der Waals surface area contributed by atoms with Crippen molar-refractivity contribution in [3.05, 3.63) is 24.3 Å². The molecular weight excluding hydrogens is 328 g/mol. The zero-order chi connectivity index (χ0) is 18.0. The van der Waals surface area contributed by atoms with Gasteiger partial charge >= 0.3 is 0 Å². The Morgan fingerprint density at radius 1 is 1.04 bits per heavy atom. The Morgan fingerprint density at radius 3 is 2.08 bits per heavy atom. The summed E-state index contributed by atoms with van der Waals surface area (Å²) in [7, 11) is -3.58. The Hall–Kier alpha value is -1.73. The molecule has 1 aliphatic heterocycles. The van der Waals surface area contributed by atoms with Gasteiger partial charge in [-0.25, -0.2) is 13.1 Å². The molecule has 132 valence electrons. The standard InChI is InChI=1S/C17H24N2O4S/c1-17(2,3)11-4-12-18-24(22,23)14-7-5-13(6-8-14)19-15(20)9-10-16(19)21/h5-8,18H,4,9-12H2,1-3H3. The molecule has 1 heterocycles. The van der Waals surface area contributed by atoms with Crippen LogP contribution in [0.2, 0.25) is 0 Å². The Balaban J connectivity index is 2.01. The zero-order valence-corrected chi connectivity index (χ0v) is 15.1. The first-order chi connectivity index (χ1) is 11.1. The van der Waals surface area contributed by atoms with Crippen molar-refractivity contribution in [2.45, 2.75) is 51.3 Å². The van der Waals surface area contributed by atoms with Crippen LogP contribution in [0.1, 0.15) is 46.5 Å². The van der Waals surface area contributed by atoms with Crippen molar-refractivity contribution in [3.8, 4) is 0 Å². The molecule has 1 aliphatic rings. The summed E-state index contributed by atoms with van der Waals surface area (Å²) in [4.78, 5) is 24.6. The van der Waals surface area contributed by atoms with Gasteiger partial charge in [0.25, 0.3) is 0 Å². The Labute approximate surface area is 143 Å². The van der Waals surface area contributed by atoms with Crippen molar-refractivity contribution >= 4 is 27.5 Å². The second kappa shape index (κ2) is 7.03. The SMILES string of the molecule is CC(C)(C)CCCNS(=O)(=O)c1ccc(N2C(=O)CCC2=O)cc1. The van der Waals surface area contributed by atoms with Crippen LogP contribution < -0.4 is 9.62 Å². The minimum absolute atomic E-state index is 0.126. The van der Waals surface area contributed by atoms with E-state index in [0.717, 1.165) is 17.7 Å². The van der Waals surface area contributed by atoms with Crippen molar-refractivity contribution in [2.24, 2.45) is 5.41 Å². The fourth-order valence-electron chi connectivity index (χ4n) is 2.55. The number of benzene rings is 1. The van der Waals surface area contributed by atoms with Crippen molar-refractivity contribution in [3.63, 3.8) is 0 Å². The van der Waals surface area contributed by atoms with Crippen molar-refractivity contribution in [2.75, 3.05) is 11.4 Å². The van der Waals surface area contributed by atoms with Crippen molar-refractivity contribution < 1.29 is 18.0 Å². The maximum absolute atomic E-state index is 12.3. The van der Waals surface area contributed by atoms with Crippen LogP contribution in [-0.4, -0.2) is 26.8 Å². The highest BCUT2D eigenvalue weighted by Gasteiger charge is 2.30. The van der Waals surface area contributed by atoms with Crippen molar-refractivity contribution in [1.29, 1.82) is 0 Å². The molecule has 7 heteroatoms.